The summed E-state index contributed by atoms with van der Waals surface area (Å²) >= 11 is 6.02. The first-order valence-electron chi connectivity index (χ1n) is 6.78. The van der Waals surface area contributed by atoms with E-state index in [1.165, 1.54) is 0 Å². The second-order valence-electron chi connectivity index (χ2n) is 4.81. The van der Waals surface area contributed by atoms with Crippen molar-refractivity contribution in [3.05, 3.63) is 23.2 Å². The van der Waals surface area contributed by atoms with Crippen LogP contribution in [0.3, 0.4) is 0 Å². The van der Waals surface area contributed by atoms with Crippen LogP contribution in [-0.2, 0) is 4.79 Å². The summed E-state index contributed by atoms with van der Waals surface area (Å²) in [6.45, 7) is 0.919. The van der Waals surface area contributed by atoms with Crippen LogP contribution < -0.4 is 21.1 Å². The van der Waals surface area contributed by atoms with Crippen molar-refractivity contribution in [3.8, 4) is 5.75 Å². The Morgan fingerprint density at radius 1 is 1.50 bits per heavy atom. The third-order valence-corrected chi connectivity index (χ3v) is 3.36. The largest absolute Gasteiger partial charge is 0.495 e. The van der Waals surface area contributed by atoms with Crippen LogP contribution in [0.2, 0.25) is 5.02 Å². The van der Waals surface area contributed by atoms with E-state index >= 15 is 0 Å². The zero-order valence-corrected chi connectivity index (χ0v) is 15.4. The number of hydrogen-bond donors (Lipinski definition) is 3. The van der Waals surface area contributed by atoms with Gasteiger partial charge in [0.05, 0.1) is 18.7 Å². The smallest absolute Gasteiger partial charge is 0.223 e. The fourth-order valence-corrected chi connectivity index (χ4v) is 2.03. The van der Waals surface area contributed by atoms with Crippen LogP contribution in [0.1, 0.15) is 12.8 Å². The van der Waals surface area contributed by atoms with Gasteiger partial charge in [0.15, 0.2) is 5.96 Å². The first-order valence-corrected chi connectivity index (χ1v) is 7.16. The highest BCUT2D eigenvalue weighted by molar-refractivity contribution is 14.0. The molecule has 1 saturated carbocycles. The van der Waals surface area contributed by atoms with E-state index in [2.05, 4.69) is 15.6 Å². The Labute approximate surface area is 151 Å². The maximum absolute atomic E-state index is 11.4. The van der Waals surface area contributed by atoms with Gasteiger partial charge in [0.25, 0.3) is 0 Å². The number of rotatable bonds is 6. The van der Waals surface area contributed by atoms with Crippen molar-refractivity contribution >= 4 is 53.1 Å². The molecule has 0 bridgehead atoms. The molecule has 2 rings (SSSR count). The second kappa shape index (κ2) is 9.04. The summed E-state index contributed by atoms with van der Waals surface area (Å²) in [5.74, 6) is 1.20. The number of halogens is 2. The first-order chi connectivity index (χ1) is 10.1. The van der Waals surface area contributed by atoms with E-state index in [1.54, 1.807) is 25.3 Å². The predicted molar refractivity (Wildman–Crippen MR) is 99.3 cm³/mol. The van der Waals surface area contributed by atoms with Crippen molar-refractivity contribution in [1.82, 2.24) is 5.32 Å². The number of ether oxygens (including phenoxy) is 1. The molecule has 22 heavy (non-hydrogen) atoms. The maximum Gasteiger partial charge on any atom is 0.223 e. The summed E-state index contributed by atoms with van der Waals surface area (Å²) in [7, 11) is 1.56. The van der Waals surface area contributed by atoms with Gasteiger partial charge in [0.2, 0.25) is 5.91 Å². The van der Waals surface area contributed by atoms with Gasteiger partial charge in [0, 0.05) is 18.2 Å². The van der Waals surface area contributed by atoms with Gasteiger partial charge in [-0.2, -0.15) is 0 Å². The van der Waals surface area contributed by atoms with Crippen LogP contribution in [0.25, 0.3) is 0 Å². The van der Waals surface area contributed by atoms with Gasteiger partial charge in [-0.25, -0.2) is 0 Å². The second-order valence-corrected chi connectivity index (χ2v) is 5.21. The highest BCUT2D eigenvalue weighted by Crippen LogP contribution is 2.28. The molecule has 1 aromatic carbocycles. The third-order valence-electron chi connectivity index (χ3n) is 3.07. The van der Waals surface area contributed by atoms with Crippen molar-refractivity contribution in [1.29, 1.82) is 0 Å². The lowest BCUT2D eigenvalue weighted by atomic mass is 10.3. The van der Waals surface area contributed by atoms with Gasteiger partial charge < -0.3 is 21.1 Å². The molecular formula is C14H20ClIN4O2. The van der Waals surface area contributed by atoms with E-state index in [0.29, 0.717) is 23.9 Å². The van der Waals surface area contributed by atoms with E-state index in [1.807, 2.05) is 0 Å². The summed E-state index contributed by atoms with van der Waals surface area (Å²) in [5, 5.41) is 6.25. The molecule has 0 saturated heterocycles. The number of carbonyl (C=O) groups excluding carboxylic acids is 1. The minimum atomic E-state index is 0. The highest BCUT2D eigenvalue weighted by atomic mass is 127. The predicted octanol–water partition coefficient (Wildman–Crippen LogP) is 2.22. The van der Waals surface area contributed by atoms with Crippen molar-refractivity contribution in [2.24, 2.45) is 16.6 Å². The molecule has 4 N–H and O–H groups in total. The molecule has 1 aromatic rings. The van der Waals surface area contributed by atoms with Crippen LogP contribution in [0.5, 0.6) is 5.75 Å². The Morgan fingerprint density at radius 2 is 2.23 bits per heavy atom. The average molecular weight is 439 g/mol. The summed E-state index contributed by atoms with van der Waals surface area (Å²) in [6, 6.07) is 5.24. The number of amides is 1. The van der Waals surface area contributed by atoms with Gasteiger partial charge in [-0.1, -0.05) is 11.6 Å². The molecule has 0 heterocycles. The van der Waals surface area contributed by atoms with Crippen molar-refractivity contribution < 1.29 is 9.53 Å². The molecule has 1 aliphatic carbocycles. The third kappa shape index (κ3) is 5.88. The minimum Gasteiger partial charge on any atom is -0.495 e. The number of hydrogen-bond acceptors (Lipinski definition) is 3. The quantitative estimate of drug-likeness (QED) is 0.275. The molecule has 1 amide bonds. The van der Waals surface area contributed by atoms with Crippen LogP contribution in [0.4, 0.5) is 5.69 Å². The molecule has 1 fully saturated rings. The summed E-state index contributed by atoms with van der Waals surface area (Å²) in [4.78, 5) is 15.5. The number of nitrogens with zero attached hydrogens (tertiary/aromatic N) is 1. The average Bonchev–Trinajstić information content (AvgIpc) is 3.28. The van der Waals surface area contributed by atoms with Crippen molar-refractivity contribution in [2.75, 3.05) is 25.5 Å². The van der Waals surface area contributed by atoms with Gasteiger partial charge in [-0.15, -0.1) is 24.0 Å². The molecule has 8 heteroatoms. The Bertz CT molecular complexity index is 550. The Morgan fingerprint density at radius 3 is 2.82 bits per heavy atom. The number of nitrogens with one attached hydrogen (secondary N) is 2. The van der Waals surface area contributed by atoms with Crippen LogP contribution in [0.15, 0.2) is 23.2 Å². The molecule has 6 nitrogen and oxygen atoms in total. The van der Waals surface area contributed by atoms with Crippen molar-refractivity contribution in [2.45, 2.75) is 12.8 Å². The summed E-state index contributed by atoms with van der Waals surface area (Å²) in [6.07, 6.45) is 1.99. The van der Waals surface area contributed by atoms with Gasteiger partial charge in [-0.3, -0.25) is 9.79 Å². The molecule has 0 spiro atoms. The fourth-order valence-electron chi connectivity index (χ4n) is 1.78. The van der Waals surface area contributed by atoms with Crippen molar-refractivity contribution in [3.63, 3.8) is 0 Å². The number of nitrogens with two attached hydrogens (primary N) is 1. The zero-order chi connectivity index (χ0) is 15.2. The van der Waals surface area contributed by atoms with Crippen LogP contribution in [0, 0.1) is 5.92 Å². The normalized spacial score (nSPS) is 14.0. The lowest BCUT2D eigenvalue weighted by molar-refractivity contribution is -0.122. The summed E-state index contributed by atoms with van der Waals surface area (Å²) in [5.41, 5.74) is 6.49. The van der Waals surface area contributed by atoms with E-state index < -0.39 is 0 Å². The van der Waals surface area contributed by atoms with E-state index in [9.17, 15) is 4.79 Å². The first kappa shape index (κ1) is 18.8. The van der Waals surface area contributed by atoms with Gasteiger partial charge in [-0.05, 0) is 31.0 Å². The number of aliphatic imine (C=N–C) groups is 1. The molecule has 122 valence electrons. The highest BCUT2D eigenvalue weighted by Gasteiger charge is 2.28. The zero-order valence-electron chi connectivity index (χ0n) is 12.3. The number of carbonyl (C=O) groups is 1. The van der Waals surface area contributed by atoms with Gasteiger partial charge in [0.1, 0.15) is 5.75 Å². The Hall–Kier alpha value is -1.22. The topological polar surface area (TPSA) is 88.7 Å². The lowest BCUT2D eigenvalue weighted by Crippen LogP contribution is -2.29. The number of guanidine groups is 1. The minimum absolute atomic E-state index is 0. The molecule has 1 aliphatic rings. The van der Waals surface area contributed by atoms with Crippen LogP contribution in [-0.4, -0.2) is 32.1 Å². The standard InChI is InChI=1S/C14H19ClN4O2.HI/c1-21-12-5-4-10(8-11(12)15)19-14(16)18-7-6-17-13(20)9-2-3-9;/h4-5,8-9H,2-3,6-7H2,1H3,(H,17,20)(H3,16,18,19);1H. The molecule has 0 unspecified atom stereocenters. The lowest BCUT2D eigenvalue weighted by Gasteiger charge is -2.08. The van der Waals surface area contributed by atoms with E-state index in [4.69, 9.17) is 22.1 Å². The van der Waals surface area contributed by atoms with Gasteiger partial charge >= 0.3 is 0 Å². The monoisotopic (exact) mass is 438 g/mol. The molecule has 0 aliphatic heterocycles. The molecule has 0 aromatic heterocycles. The molecular weight excluding hydrogens is 419 g/mol. The molecule has 0 atom stereocenters. The maximum atomic E-state index is 11.4. The van der Waals surface area contributed by atoms with E-state index in [0.717, 1.165) is 18.5 Å². The van der Waals surface area contributed by atoms with E-state index in [-0.39, 0.29) is 41.8 Å². The summed E-state index contributed by atoms with van der Waals surface area (Å²) < 4.78 is 5.07. The Balaban J connectivity index is 0.00000242. The van der Waals surface area contributed by atoms with Crippen LogP contribution >= 0.6 is 35.6 Å². The fraction of sp³-hybridized carbons (Fsp3) is 0.429. The SMILES string of the molecule is COc1ccc(NC(N)=NCCNC(=O)C2CC2)cc1Cl.I. The number of methoxy groups -OCH3 is 1. The Kier molecular flexibility index (Phi) is 7.74. The number of anilines is 1. The molecule has 0 radical (unpaired) electrons. The number of benzene rings is 1.